The first kappa shape index (κ1) is 18.3. The maximum Gasteiger partial charge on any atom is 0.235 e. The van der Waals surface area contributed by atoms with Crippen molar-refractivity contribution in [3.63, 3.8) is 0 Å². The van der Waals surface area contributed by atoms with Crippen LogP contribution < -0.4 is 10.2 Å². The summed E-state index contributed by atoms with van der Waals surface area (Å²) in [6, 6.07) is 14.0. The van der Waals surface area contributed by atoms with E-state index in [2.05, 4.69) is 22.3 Å². The molecule has 0 unspecified atom stereocenters. The number of carbonyl (C=O) groups is 1. The molecule has 2 aromatic rings. The van der Waals surface area contributed by atoms with Crippen LogP contribution >= 0.6 is 11.6 Å². The van der Waals surface area contributed by atoms with Crippen molar-refractivity contribution in [3.05, 3.63) is 58.6 Å². The maximum absolute atomic E-state index is 13.2. The van der Waals surface area contributed by atoms with Gasteiger partial charge < -0.3 is 15.0 Å². The van der Waals surface area contributed by atoms with Crippen molar-refractivity contribution in [1.82, 2.24) is 0 Å². The van der Waals surface area contributed by atoms with Gasteiger partial charge in [-0.2, -0.15) is 0 Å². The van der Waals surface area contributed by atoms with Gasteiger partial charge in [0.1, 0.15) is 0 Å². The highest BCUT2D eigenvalue weighted by Crippen LogP contribution is 2.45. The topological polar surface area (TPSA) is 41.6 Å². The van der Waals surface area contributed by atoms with E-state index >= 15 is 0 Å². The second kappa shape index (κ2) is 7.53. The van der Waals surface area contributed by atoms with Crippen molar-refractivity contribution < 1.29 is 9.53 Å². The molecule has 2 fully saturated rings. The first-order valence-corrected chi connectivity index (χ1v) is 9.97. The number of halogens is 1. The molecule has 0 spiro atoms. The number of amides is 1. The Balaban J connectivity index is 1.53. The Morgan fingerprint density at radius 2 is 1.93 bits per heavy atom. The highest BCUT2D eigenvalue weighted by molar-refractivity contribution is 6.30. The first-order chi connectivity index (χ1) is 13.1. The first-order valence-electron chi connectivity index (χ1n) is 9.59. The van der Waals surface area contributed by atoms with Gasteiger partial charge in [-0.05, 0) is 61.2 Å². The van der Waals surface area contributed by atoms with Gasteiger partial charge in [0.25, 0.3) is 0 Å². The smallest absolute Gasteiger partial charge is 0.235 e. The summed E-state index contributed by atoms with van der Waals surface area (Å²) in [6.45, 7) is 5.39. The van der Waals surface area contributed by atoms with Gasteiger partial charge in [0.05, 0.1) is 18.6 Å². The summed E-state index contributed by atoms with van der Waals surface area (Å²) in [7, 11) is 0. The average molecular weight is 385 g/mol. The molecule has 5 heteroatoms. The van der Waals surface area contributed by atoms with E-state index in [1.54, 1.807) is 0 Å². The molecule has 1 aliphatic carbocycles. The number of hydrogen-bond donors (Lipinski definition) is 1. The Bertz CT molecular complexity index is 842. The fourth-order valence-electron chi connectivity index (χ4n) is 4.01. The van der Waals surface area contributed by atoms with Crippen LogP contribution in [0.15, 0.2) is 42.5 Å². The second-order valence-electron chi connectivity index (χ2n) is 7.50. The lowest BCUT2D eigenvalue weighted by molar-refractivity contribution is -0.124. The highest BCUT2D eigenvalue weighted by Gasteiger charge is 2.45. The third-order valence-electron chi connectivity index (χ3n) is 5.85. The van der Waals surface area contributed by atoms with E-state index < -0.39 is 5.41 Å². The van der Waals surface area contributed by atoms with Crippen LogP contribution in [-0.4, -0.2) is 32.2 Å². The minimum atomic E-state index is -0.458. The zero-order chi connectivity index (χ0) is 18.9. The van der Waals surface area contributed by atoms with E-state index in [1.807, 2.05) is 37.3 Å². The molecule has 1 heterocycles. The van der Waals surface area contributed by atoms with Gasteiger partial charge in [0.2, 0.25) is 5.91 Å². The van der Waals surface area contributed by atoms with Crippen molar-refractivity contribution >= 4 is 28.9 Å². The number of morpholine rings is 1. The van der Waals surface area contributed by atoms with Crippen molar-refractivity contribution in [2.24, 2.45) is 0 Å². The van der Waals surface area contributed by atoms with E-state index in [0.29, 0.717) is 5.02 Å². The van der Waals surface area contributed by atoms with Gasteiger partial charge in [0.15, 0.2) is 0 Å². The number of aryl methyl sites for hydroxylation is 1. The van der Waals surface area contributed by atoms with Crippen molar-refractivity contribution in [3.8, 4) is 0 Å². The summed E-state index contributed by atoms with van der Waals surface area (Å²) < 4.78 is 5.43. The average Bonchev–Trinajstić information content (AvgIpc) is 2.63. The predicted molar refractivity (Wildman–Crippen MR) is 110 cm³/mol. The number of hydrogen-bond acceptors (Lipinski definition) is 3. The molecule has 142 valence electrons. The van der Waals surface area contributed by atoms with E-state index in [0.717, 1.165) is 62.4 Å². The lowest BCUT2D eigenvalue weighted by atomic mass is 9.63. The van der Waals surface area contributed by atoms with E-state index in [-0.39, 0.29) is 5.91 Å². The van der Waals surface area contributed by atoms with Gasteiger partial charge in [-0.3, -0.25) is 4.79 Å². The molecular formula is C22H25ClN2O2. The summed E-state index contributed by atoms with van der Waals surface area (Å²) in [5.41, 5.74) is 3.70. The summed E-state index contributed by atoms with van der Waals surface area (Å²) in [4.78, 5) is 15.5. The van der Waals surface area contributed by atoms with Gasteiger partial charge in [-0.1, -0.05) is 30.2 Å². The van der Waals surface area contributed by atoms with Gasteiger partial charge in [0, 0.05) is 29.5 Å². The molecule has 4 rings (SSSR count). The largest absolute Gasteiger partial charge is 0.378 e. The Kier molecular flexibility index (Phi) is 5.11. The zero-order valence-corrected chi connectivity index (χ0v) is 16.4. The Hall–Kier alpha value is -2.04. The van der Waals surface area contributed by atoms with Crippen LogP contribution in [0.5, 0.6) is 0 Å². The Morgan fingerprint density at radius 1 is 1.15 bits per heavy atom. The summed E-state index contributed by atoms with van der Waals surface area (Å²) in [5, 5.41) is 3.85. The van der Waals surface area contributed by atoms with Gasteiger partial charge >= 0.3 is 0 Å². The minimum Gasteiger partial charge on any atom is -0.378 e. The zero-order valence-electron chi connectivity index (χ0n) is 15.6. The number of benzene rings is 2. The van der Waals surface area contributed by atoms with Gasteiger partial charge in [-0.15, -0.1) is 0 Å². The van der Waals surface area contributed by atoms with Gasteiger partial charge in [-0.25, -0.2) is 0 Å². The van der Waals surface area contributed by atoms with Crippen LogP contribution in [0, 0.1) is 6.92 Å². The fourth-order valence-corrected chi connectivity index (χ4v) is 4.20. The van der Waals surface area contributed by atoms with Crippen molar-refractivity contribution in [2.75, 3.05) is 36.5 Å². The molecule has 1 saturated carbocycles. The molecule has 1 amide bonds. The van der Waals surface area contributed by atoms with Crippen LogP contribution in [0.25, 0.3) is 0 Å². The number of carbonyl (C=O) groups excluding carboxylic acids is 1. The molecule has 4 nitrogen and oxygen atoms in total. The Morgan fingerprint density at radius 3 is 2.56 bits per heavy atom. The molecular weight excluding hydrogens is 360 g/mol. The van der Waals surface area contributed by atoms with Crippen LogP contribution in [0.3, 0.4) is 0 Å². The fraction of sp³-hybridized carbons (Fsp3) is 0.409. The van der Waals surface area contributed by atoms with E-state index in [9.17, 15) is 4.79 Å². The third kappa shape index (κ3) is 3.56. The third-order valence-corrected chi connectivity index (χ3v) is 6.09. The molecule has 1 aliphatic heterocycles. The quantitative estimate of drug-likeness (QED) is 0.841. The molecule has 1 N–H and O–H groups in total. The standard InChI is InChI=1S/C22H25ClN2O2/c1-16-14-19(25-10-12-27-13-11-25)6-7-20(16)24-21(26)22(8-3-9-22)17-4-2-5-18(23)15-17/h2,4-7,14-15H,3,8-13H2,1H3,(H,24,26). The lowest BCUT2D eigenvalue weighted by Crippen LogP contribution is -2.46. The number of ether oxygens (including phenoxy) is 1. The summed E-state index contributed by atoms with van der Waals surface area (Å²) in [5.74, 6) is 0.0678. The summed E-state index contributed by atoms with van der Waals surface area (Å²) in [6.07, 6.45) is 2.79. The van der Waals surface area contributed by atoms with Crippen LogP contribution in [0.2, 0.25) is 5.02 Å². The van der Waals surface area contributed by atoms with Crippen molar-refractivity contribution in [1.29, 1.82) is 0 Å². The number of nitrogens with one attached hydrogen (secondary N) is 1. The number of nitrogens with zero attached hydrogens (tertiary/aromatic N) is 1. The van der Waals surface area contributed by atoms with Crippen molar-refractivity contribution in [2.45, 2.75) is 31.6 Å². The number of anilines is 2. The lowest BCUT2D eigenvalue weighted by Gasteiger charge is -2.41. The highest BCUT2D eigenvalue weighted by atomic mass is 35.5. The SMILES string of the molecule is Cc1cc(N2CCOCC2)ccc1NC(=O)C1(c2cccc(Cl)c2)CCC1. The van der Waals surface area contributed by atoms with Crippen LogP contribution in [0.1, 0.15) is 30.4 Å². The van der Waals surface area contributed by atoms with E-state index in [1.165, 1.54) is 5.69 Å². The Labute approximate surface area is 165 Å². The second-order valence-corrected chi connectivity index (χ2v) is 7.94. The predicted octanol–water partition coefficient (Wildman–Crippen LogP) is 4.55. The summed E-state index contributed by atoms with van der Waals surface area (Å²) >= 11 is 6.17. The molecule has 2 aliphatic rings. The maximum atomic E-state index is 13.2. The number of rotatable bonds is 4. The molecule has 0 bridgehead atoms. The molecule has 0 aromatic heterocycles. The van der Waals surface area contributed by atoms with E-state index in [4.69, 9.17) is 16.3 Å². The normalized spacial score (nSPS) is 18.7. The molecule has 0 radical (unpaired) electrons. The monoisotopic (exact) mass is 384 g/mol. The van der Waals surface area contributed by atoms with Crippen LogP contribution in [0.4, 0.5) is 11.4 Å². The molecule has 27 heavy (non-hydrogen) atoms. The van der Waals surface area contributed by atoms with Crippen LogP contribution in [-0.2, 0) is 14.9 Å². The molecule has 1 saturated heterocycles. The molecule has 0 atom stereocenters. The minimum absolute atomic E-state index is 0.0678. The molecule has 2 aromatic carbocycles.